The van der Waals surface area contributed by atoms with Crippen LogP contribution in [-0.4, -0.2) is 40.4 Å². The number of hydrogen-bond acceptors (Lipinski definition) is 3. The molecule has 1 aromatic rings. The number of carboxylic acid groups (broad SMARTS) is 1. The van der Waals surface area contributed by atoms with E-state index in [4.69, 9.17) is 5.11 Å². The Morgan fingerprint density at radius 1 is 1.32 bits per heavy atom. The highest BCUT2D eigenvalue weighted by Gasteiger charge is 2.21. The molecular weight excluding hydrogens is 284 g/mol. The highest BCUT2D eigenvalue weighted by Crippen LogP contribution is 2.14. The summed E-state index contributed by atoms with van der Waals surface area (Å²) in [5.74, 6) is -1.29. The van der Waals surface area contributed by atoms with Crippen LogP contribution in [0.1, 0.15) is 42.1 Å². The van der Waals surface area contributed by atoms with Crippen molar-refractivity contribution >= 4 is 17.8 Å². The molecule has 22 heavy (non-hydrogen) atoms. The summed E-state index contributed by atoms with van der Waals surface area (Å²) in [6.07, 6.45) is 1.83. The van der Waals surface area contributed by atoms with Crippen LogP contribution in [-0.2, 0) is 16.1 Å². The van der Waals surface area contributed by atoms with Gasteiger partial charge in [0.15, 0.2) is 0 Å². The number of likely N-dealkylation sites (tertiary alicyclic amines) is 1. The van der Waals surface area contributed by atoms with Crippen LogP contribution in [0.2, 0.25) is 0 Å². The molecule has 6 heteroatoms. The summed E-state index contributed by atoms with van der Waals surface area (Å²) in [5, 5.41) is 11.4. The van der Waals surface area contributed by atoms with Gasteiger partial charge in [-0.2, -0.15) is 0 Å². The van der Waals surface area contributed by atoms with Crippen LogP contribution in [0.5, 0.6) is 0 Å². The van der Waals surface area contributed by atoms with Crippen LogP contribution in [0.25, 0.3) is 0 Å². The highest BCUT2D eigenvalue weighted by atomic mass is 16.4. The van der Waals surface area contributed by atoms with E-state index in [1.165, 1.54) is 0 Å². The number of hydrogen-bond donors (Lipinski definition) is 2. The molecule has 1 aromatic carbocycles. The van der Waals surface area contributed by atoms with Gasteiger partial charge >= 0.3 is 5.97 Å². The minimum atomic E-state index is -1.04. The second-order valence-corrected chi connectivity index (χ2v) is 5.39. The van der Waals surface area contributed by atoms with Gasteiger partial charge in [0, 0.05) is 25.1 Å². The quantitative estimate of drug-likeness (QED) is 0.831. The van der Waals surface area contributed by atoms with Crippen LogP contribution in [0, 0.1) is 0 Å². The van der Waals surface area contributed by atoms with Gasteiger partial charge in [0.05, 0.1) is 0 Å². The molecule has 0 unspecified atom stereocenters. The van der Waals surface area contributed by atoms with Gasteiger partial charge in [-0.05, 0) is 30.5 Å². The molecule has 1 fully saturated rings. The minimum Gasteiger partial charge on any atom is -0.480 e. The van der Waals surface area contributed by atoms with Gasteiger partial charge in [0.25, 0.3) is 5.91 Å². The molecule has 118 valence electrons. The lowest BCUT2D eigenvalue weighted by molar-refractivity contribution is -0.139. The van der Waals surface area contributed by atoms with Crippen molar-refractivity contribution in [1.82, 2.24) is 10.2 Å². The first-order valence-corrected chi connectivity index (χ1v) is 7.41. The molecule has 1 saturated heterocycles. The Balaban J connectivity index is 1.97. The van der Waals surface area contributed by atoms with Gasteiger partial charge in [0.2, 0.25) is 5.91 Å². The lowest BCUT2D eigenvalue weighted by atomic mass is 10.1. The van der Waals surface area contributed by atoms with E-state index < -0.39 is 17.9 Å². The number of carbonyl (C=O) groups excluding carboxylic acids is 2. The Labute approximate surface area is 129 Å². The zero-order chi connectivity index (χ0) is 16.1. The van der Waals surface area contributed by atoms with Crippen LogP contribution < -0.4 is 5.32 Å². The maximum absolute atomic E-state index is 12.0. The molecule has 0 saturated carbocycles. The minimum absolute atomic E-state index is 0.161. The second kappa shape index (κ2) is 7.06. The number of nitrogens with zero attached hydrogens (tertiary/aromatic N) is 1. The number of rotatable bonds is 6. The van der Waals surface area contributed by atoms with Gasteiger partial charge in [-0.25, -0.2) is 4.79 Å². The maximum Gasteiger partial charge on any atom is 0.326 e. The van der Waals surface area contributed by atoms with Crippen molar-refractivity contribution in [3.8, 4) is 0 Å². The van der Waals surface area contributed by atoms with Crippen molar-refractivity contribution in [3.05, 3.63) is 35.4 Å². The van der Waals surface area contributed by atoms with Crippen LogP contribution in [0.3, 0.4) is 0 Å². The molecule has 1 atom stereocenters. The normalized spacial score (nSPS) is 15.7. The van der Waals surface area contributed by atoms with Crippen LogP contribution >= 0.6 is 0 Å². The van der Waals surface area contributed by atoms with Gasteiger partial charge in [0.1, 0.15) is 6.04 Å². The Morgan fingerprint density at radius 2 is 2.00 bits per heavy atom. The standard InChI is InChI=1S/C16H20N2O4/c1-2-13(16(21)22)17-15(20)12-7-5-11(6-8-12)10-18-9-3-4-14(18)19/h5-8,13H,2-4,9-10H2,1H3,(H,17,20)(H,21,22)/t13-/m0/s1. The fourth-order valence-corrected chi connectivity index (χ4v) is 2.43. The molecule has 0 radical (unpaired) electrons. The molecule has 0 spiro atoms. The first-order chi connectivity index (χ1) is 10.5. The second-order valence-electron chi connectivity index (χ2n) is 5.39. The first-order valence-electron chi connectivity index (χ1n) is 7.41. The molecule has 0 aromatic heterocycles. The molecule has 0 bridgehead atoms. The Morgan fingerprint density at radius 3 is 2.50 bits per heavy atom. The molecule has 2 amide bonds. The largest absolute Gasteiger partial charge is 0.480 e. The van der Waals surface area contributed by atoms with E-state index in [0.29, 0.717) is 24.9 Å². The third-order valence-corrected chi connectivity index (χ3v) is 3.77. The predicted octanol–water partition coefficient (Wildman–Crippen LogP) is 1.40. The molecule has 1 aliphatic heterocycles. The summed E-state index contributed by atoms with van der Waals surface area (Å²) >= 11 is 0. The third kappa shape index (κ3) is 3.84. The van der Waals surface area contributed by atoms with Crippen molar-refractivity contribution in [2.24, 2.45) is 0 Å². The topological polar surface area (TPSA) is 86.7 Å². The zero-order valence-electron chi connectivity index (χ0n) is 12.5. The van der Waals surface area contributed by atoms with E-state index >= 15 is 0 Å². The summed E-state index contributed by atoms with van der Waals surface area (Å²) in [7, 11) is 0. The van der Waals surface area contributed by atoms with Crippen molar-refractivity contribution < 1.29 is 19.5 Å². The molecule has 2 rings (SSSR count). The number of amides is 2. The summed E-state index contributed by atoms with van der Waals surface area (Å²) in [5.41, 5.74) is 1.37. The number of benzene rings is 1. The molecule has 1 aliphatic rings. The highest BCUT2D eigenvalue weighted by molar-refractivity contribution is 5.96. The van der Waals surface area contributed by atoms with E-state index in [9.17, 15) is 14.4 Å². The SMILES string of the molecule is CC[C@H](NC(=O)c1ccc(CN2CCCC2=O)cc1)C(=O)O. The number of carbonyl (C=O) groups is 3. The molecule has 2 N–H and O–H groups in total. The van der Waals surface area contributed by atoms with E-state index in [1.54, 1.807) is 36.1 Å². The molecule has 6 nitrogen and oxygen atoms in total. The first kappa shape index (κ1) is 16.0. The molecule has 0 aliphatic carbocycles. The predicted molar refractivity (Wildman–Crippen MR) is 80.3 cm³/mol. The summed E-state index contributed by atoms with van der Waals surface area (Å²) in [6.45, 7) is 3.03. The Kier molecular flexibility index (Phi) is 5.14. The lowest BCUT2D eigenvalue weighted by Crippen LogP contribution is -2.40. The summed E-state index contributed by atoms with van der Waals surface area (Å²) in [4.78, 5) is 36.3. The summed E-state index contributed by atoms with van der Waals surface area (Å²) in [6, 6.07) is 6.01. The zero-order valence-corrected chi connectivity index (χ0v) is 12.5. The molecule has 1 heterocycles. The number of aliphatic carboxylic acids is 1. The average Bonchev–Trinajstić information content (AvgIpc) is 2.90. The van der Waals surface area contributed by atoms with Crippen molar-refractivity contribution in [2.75, 3.05) is 6.54 Å². The van der Waals surface area contributed by atoms with E-state index in [2.05, 4.69) is 5.32 Å². The van der Waals surface area contributed by atoms with E-state index in [1.807, 2.05) is 0 Å². The fourth-order valence-electron chi connectivity index (χ4n) is 2.43. The molecular formula is C16H20N2O4. The van der Waals surface area contributed by atoms with Gasteiger partial charge in [-0.3, -0.25) is 9.59 Å². The fraction of sp³-hybridized carbons (Fsp3) is 0.438. The van der Waals surface area contributed by atoms with Gasteiger partial charge in [-0.1, -0.05) is 19.1 Å². The lowest BCUT2D eigenvalue weighted by Gasteiger charge is -2.16. The number of carboxylic acids is 1. The van der Waals surface area contributed by atoms with Crippen LogP contribution in [0.4, 0.5) is 0 Å². The number of nitrogens with one attached hydrogen (secondary N) is 1. The van der Waals surface area contributed by atoms with E-state index in [-0.39, 0.29) is 5.91 Å². The Hall–Kier alpha value is -2.37. The van der Waals surface area contributed by atoms with Crippen LogP contribution in [0.15, 0.2) is 24.3 Å². The van der Waals surface area contributed by atoms with Gasteiger partial charge < -0.3 is 15.3 Å². The third-order valence-electron chi connectivity index (χ3n) is 3.77. The van der Waals surface area contributed by atoms with Crippen molar-refractivity contribution in [2.45, 2.75) is 38.8 Å². The Bertz CT molecular complexity index is 568. The maximum atomic E-state index is 12.0. The van der Waals surface area contributed by atoms with Crippen molar-refractivity contribution in [1.29, 1.82) is 0 Å². The van der Waals surface area contributed by atoms with E-state index in [0.717, 1.165) is 18.5 Å². The smallest absolute Gasteiger partial charge is 0.326 e. The van der Waals surface area contributed by atoms with Crippen molar-refractivity contribution in [3.63, 3.8) is 0 Å². The van der Waals surface area contributed by atoms with Gasteiger partial charge in [-0.15, -0.1) is 0 Å². The summed E-state index contributed by atoms with van der Waals surface area (Å²) < 4.78 is 0. The average molecular weight is 304 g/mol. The monoisotopic (exact) mass is 304 g/mol.